The smallest absolute Gasteiger partial charge is 0.295 e. The number of nitro benzene ring substituents is 1. The first kappa shape index (κ1) is 25.5. The zero-order chi connectivity index (χ0) is 25.8. The second-order valence-corrected chi connectivity index (χ2v) is 9.42. The Morgan fingerprint density at radius 1 is 0.971 bits per heavy atom. The number of hydrogen-bond acceptors (Lipinski definition) is 8. The maximum Gasteiger partial charge on any atom is 0.295 e. The van der Waals surface area contributed by atoms with Crippen LogP contribution in [0.15, 0.2) is 64.6 Å². The van der Waals surface area contributed by atoms with Crippen LogP contribution in [0.4, 0.5) is 17.1 Å². The Balaban J connectivity index is 1.90. The summed E-state index contributed by atoms with van der Waals surface area (Å²) in [7, 11) is -1.01. The van der Waals surface area contributed by atoms with Crippen molar-refractivity contribution in [3.8, 4) is 11.5 Å². The minimum atomic E-state index is -4.06. The molecule has 3 rings (SSSR count). The average molecular weight is 499 g/mol. The molecule has 0 bridgehead atoms. The molecule has 0 saturated heterocycles. The number of nitrogens with one attached hydrogen (secondary N) is 2. The molecule has 35 heavy (non-hydrogen) atoms. The fraction of sp³-hybridized carbons (Fsp3) is 0.208. The first-order valence-electron chi connectivity index (χ1n) is 10.5. The SMILES string of the molecule is COc1ccc(C(C)=NNc2ccc(S(=O)(=O)Nc3ccc(C)cc3C)cc2[N+](=O)[O-])c(OC)c1. The van der Waals surface area contributed by atoms with Gasteiger partial charge in [0, 0.05) is 17.7 Å². The van der Waals surface area contributed by atoms with Gasteiger partial charge in [-0.15, -0.1) is 0 Å². The van der Waals surface area contributed by atoms with Crippen molar-refractivity contribution in [3.05, 3.63) is 81.4 Å². The van der Waals surface area contributed by atoms with Crippen LogP contribution >= 0.6 is 0 Å². The molecular weight excluding hydrogens is 472 g/mol. The van der Waals surface area contributed by atoms with Crippen LogP contribution in [-0.2, 0) is 10.0 Å². The molecule has 3 aromatic carbocycles. The molecule has 3 aromatic rings. The van der Waals surface area contributed by atoms with Gasteiger partial charge in [-0.2, -0.15) is 5.10 Å². The third-order valence-electron chi connectivity index (χ3n) is 5.24. The van der Waals surface area contributed by atoms with Gasteiger partial charge in [-0.25, -0.2) is 8.42 Å². The van der Waals surface area contributed by atoms with Gasteiger partial charge in [0.15, 0.2) is 0 Å². The number of nitro groups is 1. The zero-order valence-corrected chi connectivity index (χ0v) is 20.8. The van der Waals surface area contributed by atoms with E-state index in [4.69, 9.17) is 9.47 Å². The maximum atomic E-state index is 12.9. The van der Waals surface area contributed by atoms with Crippen molar-refractivity contribution >= 4 is 32.8 Å². The van der Waals surface area contributed by atoms with E-state index >= 15 is 0 Å². The van der Waals surface area contributed by atoms with Gasteiger partial charge in [-0.3, -0.25) is 20.3 Å². The van der Waals surface area contributed by atoms with Gasteiger partial charge in [0.25, 0.3) is 15.7 Å². The topological polar surface area (TPSA) is 132 Å². The first-order valence-corrected chi connectivity index (χ1v) is 11.9. The second kappa shape index (κ2) is 10.4. The lowest BCUT2D eigenvalue weighted by molar-refractivity contribution is -0.384. The fourth-order valence-electron chi connectivity index (χ4n) is 3.36. The van der Waals surface area contributed by atoms with Crippen molar-refractivity contribution in [3.63, 3.8) is 0 Å². The van der Waals surface area contributed by atoms with E-state index in [9.17, 15) is 18.5 Å². The summed E-state index contributed by atoms with van der Waals surface area (Å²) in [5.74, 6) is 1.12. The normalized spacial score (nSPS) is 11.6. The molecule has 0 saturated carbocycles. The Morgan fingerprint density at radius 3 is 2.31 bits per heavy atom. The van der Waals surface area contributed by atoms with Crippen LogP contribution in [0.25, 0.3) is 0 Å². The predicted octanol–water partition coefficient (Wildman–Crippen LogP) is 4.87. The number of benzene rings is 3. The van der Waals surface area contributed by atoms with Crippen molar-refractivity contribution in [2.75, 3.05) is 24.4 Å². The third kappa shape index (κ3) is 5.87. The van der Waals surface area contributed by atoms with E-state index in [0.717, 1.165) is 17.2 Å². The van der Waals surface area contributed by atoms with E-state index in [-0.39, 0.29) is 10.6 Å². The quantitative estimate of drug-likeness (QED) is 0.244. The van der Waals surface area contributed by atoms with Crippen LogP contribution in [-0.4, -0.2) is 33.3 Å². The van der Waals surface area contributed by atoms with E-state index in [1.807, 2.05) is 13.0 Å². The highest BCUT2D eigenvalue weighted by atomic mass is 32.2. The molecule has 0 aliphatic carbocycles. The number of ether oxygens (including phenoxy) is 2. The molecule has 0 atom stereocenters. The summed E-state index contributed by atoms with van der Waals surface area (Å²) in [6.45, 7) is 5.38. The van der Waals surface area contributed by atoms with E-state index in [0.29, 0.717) is 28.5 Å². The number of aryl methyl sites for hydroxylation is 2. The predicted molar refractivity (Wildman–Crippen MR) is 135 cm³/mol. The number of hydrazone groups is 1. The Hall–Kier alpha value is -4.12. The summed E-state index contributed by atoms with van der Waals surface area (Å²) in [6.07, 6.45) is 0. The summed E-state index contributed by atoms with van der Waals surface area (Å²) < 4.78 is 38.8. The molecule has 0 aliphatic rings. The van der Waals surface area contributed by atoms with Crippen LogP contribution in [0, 0.1) is 24.0 Å². The van der Waals surface area contributed by atoms with Crippen molar-refractivity contribution in [2.45, 2.75) is 25.7 Å². The lowest BCUT2D eigenvalue weighted by Gasteiger charge is -2.12. The van der Waals surface area contributed by atoms with Crippen molar-refractivity contribution in [1.82, 2.24) is 0 Å². The molecule has 0 spiro atoms. The molecule has 2 N–H and O–H groups in total. The summed E-state index contributed by atoms with van der Waals surface area (Å²) in [6, 6.07) is 14.0. The average Bonchev–Trinajstić information content (AvgIpc) is 2.83. The number of nitrogens with zero attached hydrogens (tertiary/aromatic N) is 2. The highest BCUT2D eigenvalue weighted by molar-refractivity contribution is 7.92. The summed E-state index contributed by atoms with van der Waals surface area (Å²) in [4.78, 5) is 10.8. The van der Waals surface area contributed by atoms with Crippen LogP contribution < -0.4 is 19.6 Å². The van der Waals surface area contributed by atoms with E-state index < -0.39 is 20.6 Å². The monoisotopic (exact) mass is 498 g/mol. The number of hydrogen-bond donors (Lipinski definition) is 2. The van der Waals surface area contributed by atoms with Gasteiger partial charge >= 0.3 is 0 Å². The van der Waals surface area contributed by atoms with Crippen LogP contribution in [0.3, 0.4) is 0 Å². The summed E-state index contributed by atoms with van der Waals surface area (Å²) in [5.41, 5.74) is 5.52. The highest BCUT2D eigenvalue weighted by Crippen LogP contribution is 2.30. The Bertz CT molecular complexity index is 1400. The number of anilines is 2. The fourth-order valence-corrected chi connectivity index (χ4v) is 4.51. The molecule has 0 heterocycles. The van der Waals surface area contributed by atoms with E-state index in [1.165, 1.54) is 26.4 Å². The van der Waals surface area contributed by atoms with Gasteiger partial charge in [-0.1, -0.05) is 17.7 Å². The molecule has 0 radical (unpaired) electrons. The largest absolute Gasteiger partial charge is 0.497 e. The number of methoxy groups -OCH3 is 2. The Kier molecular flexibility index (Phi) is 7.60. The van der Waals surface area contributed by atoms with E-state index in [2.05, 4.69) is 15.2 Å². The lowest BCUT2D eigenvalue weighted by Crippen LogP contribution is -2.14. The molecule has 10 nitrogen and oxygen atoms in total. The summed E-state index contributed by atoms with van der Waals surface area (Å²) >= 11 is 0. The molecule has 184 valence electrons. The molecule has 11 heteroatoms. The standard InChI is InChI=1S/C24H26N4O6S/c1-15-6-10-21(16(2)12-15)27-35(31,32)19-8-11-22(23(14-19)28(29)30)26-25-17(3)20-9-7-18(33-4)13-24(20)34-5/h6-14,26-27H,1-5H3. The van der Waals surface area contributed by atoms with E-state index in [1.54, 1.807) is 44.2 Å². The van der Waals surface area contributed by atoms with Crippen molar-refractivity contribution in [2.24, 2.45) is 5.10 Å². The molecule has 0 aromatic heterocycles. The van der Waals surface area contributed by atoms with Gasteiger partial charge in [-0.05, 0) is 56.7 Å². The molecule has 0 amide bonds. The Morgan fingerprint density at radius 2 is 1.69 bits per heavy atom. The maximum absolute atomic E-state index is 12.9. The van der Waals surface area contributed by atoms with Crippen molar-refractivity contribution in [1.29, 1.82) is 0 Å². The minimum Gasteiger partial charge on any atom is -0.497 e. The molecular formula is C24H26N4O6S. The van der Waals surface area contributed by atoms with Gasteiger partial charge in [0.2, 0.25) is 0 Å². The second-order valence-electron chi connectivity index (χ2n) is 7.74. The molecule has 0 unspecified atom stereocenters. The Labute approximate surface area is 203 Å². The van der Waals surface area contributed by atoms with Crippen molar-refractivity contribution < 1.29 is 22.8 Å². The van der Waals surface area contributed by atoms with Crippen LogP contribution in [0.1, 0.15) is 23.6 Å². The van der Waals surface area contributed by atoms with Crippen LogP contribution in [0.2, 0.25) is 0 Å². The molecule has 0 fully saturated rings. The minimum absolute atomic E-state index is 0.0345. The number of sulfonamides is 1. The first-order chi connectivity index (χ1) is 16.6. The number of rotatable bonds is 9. The zero-order valence-electron chi connectivity index (χ0n) is 19.9. The van der Waals surface area contributed by atoms with Gasteiger partial charge in [0.05, 0.1) is 35.4 Å². The highest BCUT2D eigenvalue weighted by Gasteiger charge is 2.22. The summed E-state index contributed by atoms with van der Waals surface area (Å²) in [5, 5.41) is 15.9. The third-order valence-corrected chi connectivity index (χ3v) is 6.61. The lowest BCUT2D eigenvalue weighted by atomic mass is 10.1. The van der Waals surface area contributed by atoms with Crippen LogP contribution in [0.5, 0.6) is 11.5 Å². The van der Waals surface area contributed by atoms with Gasteiger partial charge in [0.1, 0.15) is 17.2 Å². The molecule has 0 aliphatic heterocycles. The van der Waals surface area contributed by atoms with Gasteiger partial charge < -0.3 is 9.47 Å².